The highest BCUT2D eigenvalue weighted by molar-refractivity contribution is 5.78. The van der Waals surface area contributed by atoms with Crippen molar-refractivity contribution < 1.29 is 9.59 Å². The van der Waals surface area contributed by atoms with Gasteiger partial charge in [-0.25, -0.2) is 0 Å². The number of hydrogen-bond donors (Lipinski definition) is 1. The number of rotatable bonds is 8. The van der Waals surface area contributed by atoms with E-state index in [4.69, 9.17) is 0 Å². The van der Waals surface area contributed by atoms with Gasteiger partial charge in [-0.1, -0.05) is 6.92 Å². The van der Waals surface area contributed by atoms with Crippen LogP contribution in [0.2, 0.25) is 0 Å². The summed E-state index contributed by atoms with van der Waals surface area (Å²) in [7, 11) is 1.80. The second-order valence-electron chi connectivity index (χ2n) is 5.10. The van der Waals surface area contributed by atoms with Gasteiger partial charge < -0.3 is 10.2 Å². The molecule has 1 aliphatic heterocycles. The fourth-order valence-corrected chi connectivity index (χ4v) is 2.32. The fraction of sp³-hybridized carbons (Fsp3) is 0.857. The summed E-state index contributed by atoms with van der Waals surface area (Å²) in [4.78, 5) is 27.2. The zero-order chi connectivity index (χ0) is 14.1. The van der Waals surface area contributed by atoms with Crippen LogP contribution >= 0.6 is 0 Å². The average molecular weight is 269 g/mol. The molecule has 0 atom stereocenters. The van der Waals surface area contributed by atoms with E-state index in [1.54, 1.807) is 7.05 Å². The first kappa shape index (κ1) is 16.1. The number of nitrogens with one attached hydrogen (secondary N) is 1. The van der Waals surface area contributed by atoms with Gasteiger partial charge in [0.25, 0.3) is 0 Å². The summed E-state index contributed by atoms with van der Waals surface area (Å²) in [5.41, 5.74) is 0. The van der Waals surface area contributed by atoms with Gasteiger partial charge in [0, 0.05) is 39.0 Å². The summed E-state index contributed by atoms with van der Waals surface area (Å²) in [6, 6.07) is 0. The molecule has 1 N–H and O–H groups in total. The minimum Gasteiger partial charge on any atom is -0.339 e. The molecule has 0 bridgehead atoms. The summed E-state index contributed by atoms with van der Waals surface area (Å²) in [6.07, 6.45) is 3.45. The Bertz CT molecular complexity index is 286. The van der Waals surface area contributed by atoms with Gasteiger partial charge >= 0.3 is 0 Å². The van der Waals surface area contributed by atoms with Crippen LogP contribution in [0.4, 0.5) is 0 Å². The highest BCUT2D eigenvalue weighted by atomic mass is 16.2. The quantitative estimate of drug-likeness (QED) is 0.652. The lowest BCUT2D eigenvalue weighted by atomic mass is 10.1. The van der Waals surface area contributed by atoms with E-state index < -0.39 is 0 Å². The van der Waals surface area contributed by atoms with Crippen molar-refractivity contribution in [3.63, 3.8) is 0 Å². The van der Waals surface area contributed by atoms with Crippen molar-refractivity contribution in [3.8, 4) is 0 Å². The molecule has 0 aromatic carbocycles. The molecule has 0 saturated carbocycles. The lowest BCUT2D eigenvalue weighted by molar-refractivity contribution is -0.131. The number of unbranched alkanes of at least 4 members (excludes halogenated alkanes) is 1. The monoisotopic (exact) mass is 269 g/mol. The van der Waals surface area contributed by atoms with E-state index in [1.807, 2.05) is 11.8 Å². The molecule has 0 spiro atoms. The van der Waals surface area contributed by atoms with E-state index >= 15 is 0 Å². The van der Waals surface area contributed by atoms with Crippen LogP contribution in [0.15, 0.2) is 0 Å². The van der Waals surface area contributed by atoms with Gasteiger partial charge in [0.1, 0.15) is 5.78 Å². The van der Waals surface area contributed by atoms with Gasteiger partial charge in [-0.2, -0.15) is 0 Å². The summed E-state index contributed by atoms with van der Waals surface area (Å²) in [5.74, 6) is 0.554. The van der Waals surface area contributed by atoms with Crippen LogP contribution in [0.5, 0.6) is 0 Å². The standard InChI is InChI=1S/C14H27N3O2/c1-3-13(18)6-4-5-7-16-8-10-17(11-9-16)14(19)12-15-2/h15H,3-12H2,1-2H3. The normalized spacial score (nSPS) is 16.6. The van der Waals surface area contributed by atoms with E-state index in [2.05, 4.69) is 10.2 Å². The molecule has 0 aliphatic carbocycles. The highest BCUT2D eigenvalue weighted by Crippen LogP contribution is 2.05. The number of nitrogens with zero attached hydrogens (tertiary/aromatic N) is 2. The predicted octanol–water partition coefficient (Wildman–Crippen LogP) is 0.499. The first-order valence-electron chi connectivity index (χ1n) is 7.33. The zero-order valence-electron chi connectivity index (χ0n) is 12.3. The lowest BCUT2D eigenvalue weighted by Gasteiger charge is -2.34. The summed E-state index contributed by atoms with van der Waals surface area (Å²) < 4.78 is 0. The topological polar surface area (TPSA) is 52.7 Å². The molecule has 0 aromatic rings. The molecule has 1 amide bonds. The van der Waals surface area contributed by atoms with Crippen LogP contribution in [0.1, 0.15) is 32.6 Å². The van der Waals surface area contributed by atoms with Crippen molar-refractivity contribution in [2.75, 3.05) is 46.3 Å². The molecule has 1 fully saturated rings. The number of Topliss-reactive ketones (excluding diaryl/α,β-unsaturated/α-hetero) is 1. The fourth-order valence-electron chi connectivity index (χ4n) is 2.32. The summed E-state index contributed by atoms with van der Waals surface area (Å²) in [6.45, 7) is 6.96. The zero-order valence-corrected chi connectivity index (χ0v) is 12.3. The third-order valence-electron chi connectivity index (χ3n) is 3.63. The van der Waals surface area contributed by atoms with Crippen molar-refractivity contribution in [3.05, 3.63) is 0 Å². The molecule has 0 unspecified atom stereocenters. The SMILES string of the molecule is CCC(=O)CCCCN1CCN(C(=O)CNC)CC1. The van der Waals surface area contributed by atoms with E-state index in [0.29, 0.717) is 18.7 Å². The number of likely N-dealkylation sites (N-methyl/N-ethyl adjacent to an activating group) is 1. The van der Waals surface area contributed by atoms with Crippen LogP contribution in [0.3, 0.4) is 0 Å². The minimum absolute atomic E-state index is 0.190. The lowest BCUT2D eigenvalue weighted by Crippen LogP contribution is -2.50. The maximum atomic E-state index is 11.7. The van der Waals surface area contributed by atoms with Crippen molar-refractivity contribution in [1.82, 2.24) is 15.1 Å². The van der Waals surface area contributed by atoms with Gasteiger partial charge in [0.05, 0.1) is 6.54 Å². The van der Waals surface area contributed by atoms with Gasteiger partial charge in [0.15, 0.2) is 0 Å². The van der Waals surface area contributed by atoms with Crippen molar-refractivity contribution in [2.24, 2.45) is 0 Å². The Morgan fingerprint density at radius 1 is 1.11 bits per heavy atom. The van der Waals surface area contributed by atoms with Gasteiger partial charge in [-0.3, -0.25) is 14.5 Å². The average Bonchev–Trinajstić information content (AvgIpc) is 2.44. The van der Waals surface area contributed by atoms with E-state index in [1.165, 1.54) is 0 Å². The molecule has 1 saturated heterocycles. The number of ketones is 1. The van der Waals surface area contributed by atoms with Crippen LogP contribution < -0.4 is 5.32 Å². The van der Waals surface area contributed by atoms with Crippen LogP contribution in [0.25, 0.3) is 0 Å². The first-order valence-corrected chi connectivity index (χ1v) is 7.33. The number of carbonyl (C=O) groups is 2. The third kappa shape index (κ3) is 6.16. The molecule has 5 nitrogen and oxygen atoms in total. The number of amides is 1. The highest BCUT2D eigenvalue weighted by Gasteiger charge is 2.19. The second-order valence-corrected chi connectivity index (χ2v) is 5.10. The Morgan fingerprint density at radius 2 is 1.79 bits per heavy atom. The minimum atomic E-state index is 0.190. The Morgan fingerprint density at radius 3 is 2.37 bits per heavy atom. The molecule has 0 aromatic heterocycles. The molecule has 19 heavy (non-hydrogen) atoms. The predicted molar refractivity (Wildman–Crippen MR) is 76.1 cm³/mol. The third-order valence-corrected chi connectivity index (χ3v) is 3.63. The molecule has 0 radical (unpaired) electrons. The molecule has 1 heterocycles. The molecule has 110 valence electrons. The van der Waals surface area contributed by atoms with Crippen LogP contribution in [-0.4, -0.2) is 67.8 Å². The maximum Gasteiger partial charge on any atom is 0.236 e. The molecule has 1 rings (SSSR count). The van der Waals surface area contributed by atoms with Crippen LogP contribution in [-0.2, 0) is 9.59 Å². The largest absolute Gasteiger partial charge is 0.339 e. The van der Waals surface area contributed by atoms with Gasteiger partial charge in [-0.05, 0) is 26.4 Å². The Hall–Kier alpha value is -0.940. The number of piperazine rings is 1. The second kappa shape index (κ2) is 9.04. The number of hydrogen-bond acceptors (Lipinski definition) is 4. The Balaban J connectivity index is 2.10. The van der Waals surface area contributed by atoms with Crippen LogP contribution in [0, 0.1) is 0 Å². The summed E-state index contributed by atoms with van der Waals surface area (Å²) in [5, 5.41) is 2.90. The molecular formula is C14H27N3O2. The van der Waals surface area contributed by atoms with E-state index in [-0.39, 0.29) is 5.91 Å². The van der Waals surface area contributed by atoms with Crippen molar-refractivity contribution >= 4 is 11.7 Å². The van der Waals surface area contributed by atoms with E-state index in [0.717, 1.165) is 52.0 Å². The van der Waals surface area contributed by atoms with Crippen molar-refractivity contribution in [1.29, 1.82) is 0 Å². The maximum absolute atomic E-state index is 11.7. The molecular weight excluding hydrogens is 242 g/mol. The number of carbonyl (C=O) groups excluding carboxylic acids is 2. The van der Waals surface area contributed by atoms with E-state index in [9.17, 15) is 9.59 Å². The van der Waals surface area contributed by atoms with Gasteiger partial charge in [0.2, 0.25) is 5.91 Å². The Labute approximate surface area is 116 Å². The first-order chi connectivity index (χ1) is 9.17. The van der Waals surface area contributed by atoms with Gasteiger partial charge in [-0.15, -0.1) is 0 Å². The summed E-state index contributed by atoms with van der Waals surface area (Å²) >= 11 is 0. The smallest absolute Gasteiger partial charge is 0.236 e. The molecule has 5 heteroatoms. The van der Waals surface area contributed by atoms with Crippen molar-refractivity contribution in [2.45, 2.75) is 32.6 Å². The molecule has 1 aliphatic rings. The Kier molecular flexibility index (Phi) is 7.67.